The number of carbonyl (C=O) groups is 2. The van der Waals surface area contributed by atoms with Crippen LogP contribution in [0.1, 0.15) is 30.6 Å². The van der Waals surface area contributed by atoms with E-state index in [4.69, 9.17) is 21.1 Å². The second-order valence-corrected chi connectivity index (χ2v) is 9.38. The minimum absolute atomic E-state index is 0.119. The summed E-state index contributed by atoms with van der Waals surface area (Å²) < 4.78 is 10.5. The molecule has 188 valence electrons. The zero-order valence-electron chi connectivity index (χ0n) is 20.1. The molecule has 10 heteroatoms. The van der Waals surface area contributed by atoms with Crippen molar-refractivity contribution in [1.82, 2.24) is 15.2 Å². The van der Waals surface area contributed by atoms with Gasteiger partial charge in [-0.25, -0.2) is 9.79 Å². The summed E-state index contributed by atoms with van der Waals surface area (Å²) in [6.07, 6.45) is 2.50. The minimum Gasteiger partial charge on any atom is -0.460 e. The van der Waals surface area contributed by atoms with Crippen molar-refractivity contribution in [3.05, 3.63) is 87.3 Å². The molecule has 0 aliphatic carbocycles. The molecule has 2 aliphatic rings. The number of benzene rings is 1. The third-order valence-electron chi connectivity index (χ3n) is 5.71. The molecule has 4 rings (SSSR count). The number of esters is 1. The van der Waals surface area contributed by atoms with Crippen molar-refractivity contribution < 1.29 is 19.1 Å². The summed E-state index contributed by atoms with van der Waals surface area (Å²) in [5.74, 6) is -0.624. The maximum atomic E-state index is 13.2. The molecule has 0 saturated heterocycles. The van der Waals surface area contributed by atoms with Crippen molar-refractivity contribution in [3.8, 4) is 0 Å². The number of aromatic nitrogens is 1. The molecule has 8 nitrogen and oxygen atoms in total. The van der Waals surface area contributed by atoms with Crippen LogP contribution >= 0.6 is 23.4 Å². The predicted molar refractivity (Wildman–Crippen MR) is 140 cm³/mol. The Morgan fingerprint density at radius 1 is 1.17 bits per heavy atom. The highest BCUT2D eigenvalue weighted by Crippen LogP contribution is 2.46. The first-order valence-electron chi connectivity index (χ1n) is 11.5. The number of pyridine rings is 1. The molecular weight excluding hydrogens is 500 g/mol. The van der Waals surface area contributed by atoms with Gasteiger partial charge in [0, 0.05) is 42.7 Å². The van der Waals surface area contributed by atoms with Gasteiger partial charge in [-0.2, -0.15) is 0 Å². The number of hydrogen-bond acceptors (Lipinski definition) is 8. The highest BCUT2D eigenvalue weighted by Gasteiger charge is 2.41. The molecule has 0 bridgehead atoms. The van der Waals surface area contributed by atoms with Crippen LogP contribution in [0.25, 0.3) is 0 Å². The van der Waals surface area contributed by atoms with Crippen molar-refractivity contribution in [3.63, 3.8) is 0 Å². The summed E-state index contributed by atoms with van der Waals surface area (Å²) in [5, 5.41) is 6.05. The second kappa shape index (κ2) is 12.2. The third kappa shape index (κ3) is 5.98. The molecule has 0 unspecified atom stereocenters. The van der Waals surface area contributed by atoms with E-state index in [1.165, 1.54) is 11.8 Å². The molecule has 36 heavy (non-hydrogen) atoms. The molecule has 3 heterocycles. The number of ether oxygens (including phenoxy) is 2. The molecule has 2 aliphatic heterocycles. The number of carbonyl (C=O) groups excluding carboxylic acids is 2. The highest BCUT2D eigenvalue weighted by atomic mass is 35.5. The van der Waals surface area contributed by atoms with Crippen LogP contribution in [0, 0.1) is 0 Å². The second-order valence-electron chi connectivity index (χ2n) is 8.14. The average molecular weight is 527 g/mol. The lowest BCUT2D eigenvalue weighted by atomic mass is 9.93. The Balaban J connectivity index is 1.55. The monoisotopic (exact) mass is 526 g/mol. The van der Waals surface area contributed by atoms with Gasteiger partial charge < -0.3 is 19.7 Å². The predicted octanol–water partition coefficient (Wildman–Crippen LogP) is 4.25. The van der Waals surface area contributed by atoms with Gasteiger partial charge in [-0.1, -0.05) is 47.6 Å². The summed E-state index contributed by atoms with van der Waals surface area (Å²) in [4.78, 5) is 36.9. The highest BCUT2D eigenvalue weighted by molar-refractivity contribution is 8.16. The van der Waals surface area contributed by atoms with E-state index in [2.05, 4.69) is 15.3 Å². The molecule has 0 spiro atoms. The average Bonchev–Trinajstić information content (AvgIpc) is 3.26. The molecule has 1 aromatic heterocycles. The van der Waals surface area contributed by atoms with Crippen molar-refractivity contribution in [2.45, 2.75) is 25.8 Å². The van der Waals surface area contributed by atoms with Crippen molar-refractivity contribution in [1.29, 1.82) is 0 Å². The Morgan fingerprint density at radius 3 is 2.72 bits per heavy atom. The van der Waals surface area contributed by atoms with Crippen LogP contribution in [-0.2, 0) is 25.5 Å². The van der Waals surface area contributed by atoms with E-state index in [1.807, 2.05) is 46.7 Å². The molecular formula is C26H27ClN4O4S. The van der Waals surface area contributed by atoms with Crippen LogP contribution in [0.4, 0.5) is 0 Å². The molecule has 0 saturated carbocycles. The van der Waals surface area contributed by atoms with Gasteiger partial charge >= 0.3 is 5.97 Å². The van der Waals surface area contributed by atoms with Gasteiger partial charge in [0.1, 0.15) is 6.61 Å². The van der Waals surface area contributed by atoms with Gasteiger partial charge in [0.15, 0.2) is 5.17 Å². The number of fused-ring (bicyclic) bond motifs is 1. The lowest BCUT2D eigenvalue weighted by Crippen LogP contribution is -2.38. The molecule has 2 aromatic rings. The van der Waals surface area contributed by atoms with Crippen molar-refractivity contribution in [2.24, 2.45) is 4.99 Å². The SMILES string of the molecule is COCCOC(=O)C1=C(C)N=C2SC=C(CC(=O)NCCc3ccccn3)N2[C@H]1c1ccccc1Cl. The van der Waals surface area contributed by atoms with E-state index in [0.29, 0.717) is 34.4 Å². The molecule has 1 amide bonds. The molecule has 1 N–H and O–H groups in total. The Labute approximate surface area is 219 Å². The number of amides is 1. The summed E-state index contributed by atoms with van der Waals surface area (Å²) in [7, 11) is 1.54. The number of allylic oxidation sites excluding steroid dienone is 1. The Kier molecular flexibility index (Phi) is 8.79. The van der Waals surface area contributed by atoms with Crippen LogP contribution in [0.15, 0.2) is 76.0 Å². The first-order valence-corrected chi connectivity index (χ1v) is 12.8. The van der Waals surface area contributed by atoms with Gasteiger partial charge in [0.2, 0.25) is 5.91 Å². The smallest absolute Gasteiger partial charge is 0.338 e. The molecule has 0 fully saturated rings. The zero-order valence-corrected chi connectivity index (χ0v) is 21.6. The number of hydrogen-bond donors (Lipinski definition) is 1. The number of methoxy groups -OCH3 is 1. The minimum atomic E-state index is -0.580. The van der Waals surface area contributed by atoms with Crippen molar-refractivity contribution >= 4 is 40.4 Å². The quantitative estimate of drug-likeness (QED) is 0.365. The Morgan fingerprint density at radius 2 is 1.97 bits per heavy atom. The van der Waals surface area contributed by atoms with Gasteiger partial charge in [-0.15, -0.1) is 0 Å². The van der Waals surface area contributed by atoms with E-state index in [1.54, 1.807) is 26.3 Å². The summed E-state index contributed by atoms with van der Waals surface area (Å²) in [5.41, 5.74) is 3.31. The number of rotatable bonds is 10. The zero-order chi connectivity index (χ0) is 25.5. The largest absolute Gasteiger partial charge is 0.460 e. The number of nitrogens with zero attached hydrogens (tertiary/aromatic N) is 3. The van der Waals surface area contributed by atoms with E-state index >= 15 is 0 Å². The topological polar surface area (TPSA) is 93.1 Å². The van der Waals surface area contributed by atoms with E-state index in [9.17, 15) is 9.59 Å². The fourth-order valence-corrected chi connectivity index (χ4v) is 5.22. The van der Waals surface area contributed by atoms with Gasteiger partial charge in [-0.3, -0.25) is 9.78 Å². The lowest BCUT2D eigenvalue weighted by Gasteiger charge is -2.36. The van der Waals surface area contributed by atoms with Crippen LogP contribution in [0.3, 0.4) is 0 Å². The summed E-state index contributed by atoms with van der Waals surface area (Å²) in [6.45, 7) is 2.66. The first kappa shape index (κ1) is 25.9. The van der Waals surface area contributed by atoms with E-state index < -0.39 is 12.0 Å². The van der Waals surface area contributed by atoms with E-state index in [-0.39, 0.29) is 25.5 Å². The van der Waals surface area contributed by atoms with Gasteiger partial charge in [-0.05, 0) is 36.1 Å². The first-order chi connectivity index (χ1) is 17.5. The lowest BCUT2D eigenvalue weighted by molar-refractivity contribution is -0.141. The Hall–Kier alpha value is -3.14. The standard InChI is InChI=1S/C26H27ClN4O4S/c1-17-23(25(33)35-14-13-34-2)24(20-8-3-4-9-21(20)27)31-19(16-36-26(31)30-17)15-22(32)29-12-10-18-7-5-6-11-28-18/h3-9,11,16,24H,10,12-15H2,1-2H3,(H,29,32)/t24-/m0/s1. The molecule has 0 radical (unpaired) electrons. The third-order valence-corrected chi connectivity index (χ3v) is 6.95. The van der Waals surface area contributed by atoms with Crippen LogP contribution in [0.2, 0.25) is 5.02 Å². The number of nitrogens with one attached hydrogen (secondary N) is 1. The van der Waals surface area contributed by atoms with Crippen LogP contribution in [-0.4, -0.2) is 53.8 Å². The van der Waals surface area contributed by atoms with E-state index in [0.717, 1.165) is 17.0 Å². The van der Waals surface area contributed by atoms with Crippen molar-refractivity contribution in [2.75, 3.05) is 26.9 Å². The maximum absolute atomic E-state index is 13.2. The fourth-order valence-electron chi connectivity index (χ4n) is 4.02. The molecule has 1 aromatic carbocycles. The number of aliphatic imine (C=N–C) groups is 1. The van der Waals surface area contributed by atoms with Crippen LogP contribution in [0.5, 0.6) is 0 Å². The summed E-state index contributed by atoms with van der Waals surface area (Å²) in [6, 6.07) is 12.5. The maximum Gasteiger partial charge on any atom is 0.338 e. The van der Waals surface area contributed by atoms with Gasteiger partial charge in [0.05, 0.1) is 30.3 Å². The van der Waals surface area contributed by atoms with Crippen LogP contribution < -0.4 is 5.32 Å². The number of amidine groups is 1. The molecule has 1 atom stereocenters. The Bertz CT molecular complexity index is 1220. The number of thioether (sulfide) groups is 1. The fraction of sp³-hybridized carbons (Fsp3) is 0.308. The van der Waals surface area contributed by atoms with Gasteiger partial charge in [0.25, 0.3) is 0 Å². The number of halogens is 1. The summed E-state index contributed by atoms with van der Waals surface area (Å²) >= 11 is 8.01. The normalized spacial score (nSPS) is 16.9.